The van der Waals surface area contributed by atoms with Crippen molar-refractivity contribution in [3.05, 3.63) is 47.5 Å². The number of carbonyl (C=O) groups excluding carboxylic acids is 2. The molecule has 0 spiro atoms. The van der Waals surface area contributed by atoms with Crippen molar-refractivity contribution < 1.29 is 33.2 Å². The van der Waals surface area contributed by atoms with Crippen LogP contribution in [0.5, 0.6) is 0 Å². The molecule has 1 aromatic rings. The Labute approximate surface area is 215 Å². The summed E-state index contributed by atoms with van der Waals surface area (Å²) in [5, 5.41) is 31.4. The van der Waals surface area contributed by atoms with Crippen molar-refractivity contribution in [2.24, 2.45) is 0 Å². The molecule has 0 bridgehead atoms. The zero-order valence-electron chi connectivity index (χ0n) is 21.1. The van der Waals surface area contributed by atoms with Gasteiger partial charge in [-0.1, -0.05) is 30.3 Å². The van der Waals surface area contributed by atoms with Crippen LogP contribution in [0.4, 0.5) is 13.6 Å². The number of rotatable bonds is 9. The third-order valence-corrected chi connectivity index (χ3v) is 6.84. The third kappa shape index (κ3) is 7.74. The van der Waals surface area contributed by atoms with Crippen molar-refractivity contribution in [2.45, 2.75) is 63.0 Å². The van der Waals surface area contributed by atoms with Crippen LogP contribution in [0.3, 0.4) is 0 Å². The summed E-state index contributed by atoms with van der Waals surface area (Å²) in [5.74, 6) is -4.34. The van der Waals surface area contributed by atoms with Crippen LogP contribution in [-0.4, -0.2) is 88.7 Å². The summed E-state index contributed by atoms with van der Waals surface area (Å²) in [7, 11) is -1.81. The third-order valence-electron chi connectivity index (χ3n) is 6.84. The van der Waals surface area contributed by atoms with Gasteiger partial charge in [0.1, 0.15) is 18.2 Å². The highest BCUT2D eigenvalue weighted by molar-refractivity contribution is 6.43. The summed E-state index contributed by atoms with van der Waals surface area (Å²) >= 11 is 0. The van der Waals surface area contributed by atoms with E-state index >= 15 is 0 Å². The number of halogens is 2. The first-order chi connectivity index (χ1) is 17.4. The van der Waals surface area contributed by atoms with E-state index in [9.17, 15) is 33.7 Å². The molecule has 2 aliphatic rings. The topological polar surface area (TPSA) is 126 Å². The van der Waals surface area contributed by atoms with Gasteiger partial charge < -0.3 is 25.0 Å². The number of carbonyl (C=O) groups is 2. The highest BCUT2D eigenvalue weighted by Crippen LogP contribution is 2.33. The predicted octanol–water partition coefficient (Wildman–Crippen LogP) is 1.90. The van der Waals surface area contributed by atoms with Crippen molar-refractivity contribution in [3.63, 3.8) is 0 Å². The van der Waals surface area contributed by atoms with E-state index in [2.05, 4.69) is 5.32 Å². The van der Waals surface area contributed by atoms with Gasteiger partial charge in [-0.25, -0.2) is 13.6 Å². The molecular weight excluding hydrogens is 485 g/mol. The van der Waals surface area contributed by atoms with Crippen molar-refractivity contribution in [2.75, 3.05) is 26.2 Å². The normalized spacial score (nSPS) is 20.8. The van der Waals surface area contributed by atoms with E-state index in [1.54, 1.807) is 43.0 Å². The highest BCUT2D eigenvalue weighted by atomic mass is 19.3. The first kappa shape index (κ1) is 28.6. The molecular formula is C25H33BF2N4O5. The SMILES string of the molecule is CC(C)(/C=C(\C#N)C(=O)N1CCC[C@@H]1COC(=O)N[C@@H](Cc1ccccc1)B(O)O)N1CCC(F)(F)C1. The molecule has 2 heterocycles. The number of nitrogens with zero attached hydrogens (tertiary/aromatic N) is 3. The average Bonchev–Trinajstić information content (AvgIpc) is 3.47. The number of benzene rings is 1. The van der Waals surface area contributed by atoms with Crippen LogP contribution in [0.1, 0.15) is 38.7 Å². The molecule has 12 heteroatoms. The maximum atomic E-state index is 13.7. The minimum Gasteiger partial charge on any atom is -0.447 e. The molecule has 0 aliphatic carbocycles. The van der Waals surface area contributed by atoms with Crippen LogP contribution >= 0.6 is 0 Å². The van der Waals surface area contributed by atoms with Gasteiger partial charge >= 0.3 is 13.2 Å². The molecule has 200 valence electrons. The number of likely N-dealkylation sites (tertiary alicyclic amines) is 2. The molecule has 0 radical (unpaired) electrons. The summed E-state index contributed by atoms with van der Waals surface area (Å²) in [6, 6.07) is 10.4. The Hall–Kier alpha value is -3.01. The number of amides is 2. The lowest BCUT2D eigenvalue weighted by Gasteiger charge is -2.33. The number of hydrogen-bond acceptors (Lipinski definition) is 7. The zero-order chi connectivity index (χ0) is 27.2. The predicted molar refractivity (Wildman–Crippen MR) is 132 cm³/mol. The van der Waals surface area contributed by atoms with Gasteiger partial charge in [0.2, 0.25) is 0 Å². The number of alkyl carbamates (subject to hydrolysis) is 1. The van der Waals surface area contributed by atoms with Crippen LogP contribution in [0.25, 0.3) is 0 Å². The Morgan fingerprint density at radius 2 is 2.03 bits per heavy atom. The molecule has 0 unspecified atom stereocenters. The molecule has 3 N–H and O–H groups in total. The molecule has 2 aliphatic heterocycles. The van der Waals surface area contributed by atoms with Gasteiger partial charge in [-0.15, -0.1) is 0 Å². The molecule has 2 amide bonds. The zero-order valence-corrected chi connectivity index (χ0v) is 21.1. The Morgan fingerprint density at radius 1 is 1.32 bits per heavy atom. The maximum Gasteiger partial charge on any atom is 0.475 e. The standard InChI is InChI=1S/C25H33BF2N4O5/c1-24(2,31-12-10-25(27,28)17-31)14-19(15-29)22(33)32-11-6-9-20(32)16-37-23(34)30-21(26(35)36)13-18-7-4-3-5-8-18/h3-5,7-8,14,20-21,35-36H,6,9-13,16-17H2,1-2H3,(H,30,34)/b19-14+/t20-,21+/m1/s1. The van der Waals surface area contributed by atoms with Crippen molar-refractivity contribution in [3.8, 4) is 6.07 Å². The smallest absolute Gasteiger partial charge is 0.447 e. The van der Waals surface area contributed by atoms with Gasteiger partial charge in [-0.05, 0) is 44.7 Å². The Kier molecular flexibility index (Phi) is 9.28. The number of nitrogens with one attached hydrogen (secondary N) is 1. The van der Waals surface area contributed by atoms with Crippen molar-refractivity contribution in [1.29, 1.82) is 5.26 Å². The molecule has 3 rings (SSSR count). The van der Waals surface area contributed by atoms with Gasteiger partial charge in [-0.2, -0.15) is 5.26 Å². The fraction of sp³-hybridized carbons (Fsp3) is 0.560. The second kappa shape index (κ2) is 12.0. The first-order valence-corrected chi connectivity index (χ1v) is 12.3. The Bertz CT molecular complexity index is 1030. The summed E-state index contributed by atoms with van der Waals surface area (Å²) in [6.07, 6.45) is 1.67. The second-order valence-corrected chi connectivity index (χ2v) is 10.1. The van der Waals surface area contributed by atoms with Gasteiger partial charge in [0.25, 0.3) is 11.8 Å². The monoisotopic (exact) mass is 518 g/mol. The first-order valence-electron chi connectivity index (χ1n) is 12.3. The summed E-state index contributed by atoms with van der Waals surface area (Å²) < 4.78 is 32.7. The maximum absolute atomic E-state index is 13.7. The van der Waals surface area contributed by atoms with E-state index in [-0.39, 0.29) is 31.6 Å². The van der Waals surface area contributed by atoms with Gasteiger partial charge in [0, 0.05) is 25.0 Å². The van der Waals surface area contributed by atoms with E-state index in [1.807, 2.05) is 12.1 Å². The lowest BCUT2D eigenvalue weighted by atomic mass is 9.76. The number of ether oxygens (including phenoxy) is 1. The van der Waals surface area contributed by atoms with Crippen LogP contribution in [0.15, 0.2) is 42.0 Å². The van der Waals surface area contributed by atoms with Gasteiger partial charge in [-0.3, -0.25) is 9.69 Å². The number of nitriles is 1. The average molecular weight is 518 g/mol. The second-order valence-electron chi connectivity index (χ2n) is 10.1. The number of alkyl halides is 2. The van der Waals surface area contributed by atoms with Crippen molar-refractivity contribution in [1.82, 2.24) is 15.1 Å². The molecule has 2 fully saturated rings. The minimum atomic E-state index is -2.80. The summed E-state index contributed by atoms with van der Waals surface area (Å²) in [4.78, 5) is 28.5. The van der Waals surface area contributed by atoms with Crippen LogP contribution in [0, 0.1) is 11.3 Å². The molecule has 2 atom stereocenters. The van der Waals surface area contributed by atoms with Crippen LogP contribution < -0.4 is 5.32 Å². The van der Waals surface area contributed by atoms with E-state index in [0.717, 1.165) is 5.56 Å². The molecule has 37 heavy (non-hydrogen) atoms. The Balaban J connectivity index is 1.59. The van der Waals surface area contributed by atoms with E-state index in [4.69, 9.17) is 4.74 Å². The number of hydrogen-bond donors (Lipinski definition) is 3. The molecule has 1 aromatic carbocycles. The van der Waals surface area contributed by atoms with Crippen LogP contribution in [0.2, 0.25) is 0 Å². The Morgan fingerprint density at radius 3 is 2.62 bits per heavy atom. The van der Waals surface area contributed by atoms with Crippen molar-refractivity contribution >= 4 is 19.1 Å². The van der Waals surface area contributed by atoms with Gasteiger partial charge in [0.15, 0.2) is 0 Å². The molecule has 0 saturated carbocycles. The molecule has 2 saturated heterocycles. The largest absolute Gasteiger partial charge is 0.475 e. The highest BCUT2D eigenvalue weighted by Gasteiger charge is 2.43. The quantitative estimate of drug-likeness (QED) is 0.259. The molecule has 9 nitrogen and oxygen atoms in total. The van der Waals surface area contributed by atoms with Crippen LogP contribution in [-0.2, 0) is 16.0 Å². The van der Waals surface area contributed by atoms with E-state index in [0.29, 0.717) is 19.4 Å². The lowest BCUT2D eigenvalue weighted by molar-refractivity contribution is -0.128. The fourth-order valence-corrected chi connectivity index (χ4v) is 4.71. The lowest BCUT2D eigenvalue weighted by Crippen LogP contribution is -2.49. The summed E-state index contributed by atoms with van der Waals surface area (Å²) in [5.41, 5.74) is -0.279. The summed E-state index contributed by atoms with van der Waals surface area (Å²) in [6.45, 7) is 3.32. The van der Waals surface area contributed by atoms with Gasteiger partial charge in [0.05, 0.1) is 18.5 Å². The molecule has 0 aromatic heterocycles. The fourth-order valence-electron chi connectivity index (χ4n) is 4.71. The van der Waals surface area contributed by atoms with E-state index < -0.39 is 49.1 Å². The minimum absolute atomic E-state index is 0.141. The van der Waals surface area contributed by atoms with E-state index in [1.165, 1.54) is 11.0 Å².